The highest BCUT2D eigenvalue weighted by Crippen LogP contribution is 2.33. The van der Waals surface area contributed by atoms with Crippen LogP contribution in [0.3, 0.4) is 0 Å². The number of hydrogen-bond acceptors (Lipinski definition) is 10. The molecule has 2 atom stereocenters. The first-order valence-electron chi connectivity index (χ1n) is 14.2. The Bertz CT molecular complexity index is 1630. The maximum Gasteiger partial charge on any atom is 0.173 e. The van der Waals surface area contributed by atoms with E-state index in [0.717, 1.165) is 20.9 Å². The van der Waals surface area contributed by atoms with Crippen LogP contribution in [-0.2, 0) is 13.1 Å². The molecule has 1 saturated heterocycles. The number of aromatic nitrogens is 8. The molecule has 0 spiro atoms. The summed E-state index contributed by atoms with van der Waals surface area (Å²) in [4.78, 5) is 6.94. The van der Waals surface area contributed by atoms with Crippen LogP contribution in [0, 0.1) is 11.6 Å². The molecule has 14 heteroatoms. The van der Waals surface area contributed by atoms with E-state index in [0.29, 0.717) is 50.9 Å². The molecule has 1 fully saturated rings. The fraction of sp³-hybridized carbons (Fsp3) is 0.267. The summed E-state index contributed by atoms with van der Waals surface area (Å²) >= 11 is 3.30. The van der Waals surface area contributed by atoms with Gasteiger partial charge in [-0.1, -0.05) is 36.4 Å². The standard InChI is InChI=1S/C30H28F2N10S2/c31-23-9-5-21(6-10-23)27(29-33-35-37-41(29)19-25-3-1-17-43-25)39-13-15-40(16-14-39)28(22-7-11-24(32)12-8-22)30-34-36-38-42(30)20-26-4-2-18-44-26/h1-12,17-18,27-28H,13-16,19-20H2. The van der Waals surface area contributed by atoms with Gasteiger partial charge in [0.25, 0.3) is 0 Å². The van der Waals surface area contributed by atoms with Gasteiger partial charge in [-0.3, -0.25) is 9.80 Å². The predicted octanol–water partition coefficient (Wildman–Crippen LogP) is 4.65. The van der Waals surface area contributed by atoms with Gasteiger partial charge in [-0.15, -0.1) is 32.9 Å². The molecule has 0 radical (unpaired) electrons. The lowest BCUT2D eigenvalue weighted by molar-refractivity contribution is 0.0825. The van der Waals surface area contributed by atoms with Crippen LogP contribution in [0.15, 0.2) is 83.6 Å². The molecular formula is C30H28F2N10S2. The van der Waals surface area contributed by atoms with Gasteiger partial charge in [0.05, 0.1) is 25.2 Å². The molecule has 5 heterocycles. The van der Waals surface area contributed by atoms with Gasteiger partial charge >= 0.3 is 0 Å². The Balaban J connectivity index is 1.18. The highest BCUT2D eigenvalue weighted by molar-refractivity contribution is 7.10. The molecular weight excluding hydrogens is 603 g/mol. The highest BCUT2D eigenvalue weighted by atomic mass is 32.1. The molecule has 224 valence electrons. The lowest BCUT2D eigenvalue weighted by Crippen LogP contribution is -2.50. The molecule has 0 aliphatic carbocycles. The Labute approximate surface area is 260 Å². The Hall–Kier alpha value is -4.24. The Morgan fingerprint density at radius 1 is 0.591 bits per heavy atom. The van der Waals surface area contributed by atoms with E-state index in [-0.39, 0.29) is 23.7 Å². The first-order chi connectivity index (χ1) is 21.6. The topological polar surface area (TPSA) is 93.7 Å². The second-order valence-electron chi connectivity index (χ2n) is 10.5. The van der Waals surface area contributed by atoms with Gasteiger partial charge < -0.3 is 0 Å². The van der Waals surface area contributed by atoms with Gasteiger partial charge in [-0.05, 0) is 79.1 Å². The number of tetrazole rings is 2. The van der Waals surface area contributed by atoms with Crippen LogP contribution in [0.2, 0.25) is 0 Å². The summed E-state index contributed by atoms with van der Waals surface area (Å²) in [6.07, 6.45) is 0. The number of hydrogen-bond donors (Lipinski definition) is 0. The molecule has 0 saturated carbocycles. The summed E-state index contributed by atoms with van der Waals surface area (Å²) in [5, 5.41) is 29.7. The molecule has 0 bridgehead atoms. The van der Waals surface area contributed by atoms with Gasteiger partial charge in [0.1, 0.15) is 11.6 Å². The van der Waals surface area contributed by atoms with E-state index in [1.165, 1.54) is 24.3 Å². The average molecular weight is 631 g/mol. The quantitative estimate of drug-likeness (QED) is 0.216. The zero-order valence-corrected chi connectivity index (χ0v) is 25.2. The van der Waals surface area contributed by atoms with Crippen molar-refractivity contribution < 1.29 is 8.78 Å². The van der Waals surface area contributed by atoms with Crippen LogP contribution in [0.4, 0.5) is 8.78 Å². The molecule has 2 aromatic carbocycles. The average Bonchev–Trinajstić information content (AvgIpc) is 3.88. The number of thiophene rings is 2. The molecule has 1 aliphatic rings. The summed E-state index contributed by atoms with van der Waals surface area (Å²) in [7, 11) is 0. The maximum absolute atomic E-state index is 14.0. The van der Waals surface area contributed by atoms with Crippen molar-refractivity contribution in [1.29, 1.82) is 0 Å². The van der Waals surface area contributed by atoms with Crippen LogP contribution in [-0.4, -0.2) is 76.4 Å². The minimum Gasteiger partial charge on any atom is -0.287 e. The molecule has 2 unspecified atom stereocenters. The van der Waals surface area contributed by atoms with Crippen molar-refractivity contribution in [1.82, 2.24) is 50.2 Å². The van der Waals surface area contributed by atoms with Gasteiger partial charge in [-0.2, -0.15) is 0 Å². The minimum atomic E-state index is -0.294. The molecule has 4 aromatic heterocycles. The normalized spacial score (nSPS) is 15.9. The minimum absolute atomic E-state index is 0.277. The fourth-order valence-electron chi connectivity index (χ4n) is 5.73. The van der Waals surface area contributed by atoms with Crippen LogP contribution in [0.1, 0.15) is 44.6 Å². The van der Waals surface area contributed by atoms with Crippen LogP contribution in [0.5, 0.6) is 0 Å². The zero-order chi connectivity index (χ0) is 29.9. The van der Waals surface area contributed by atoms with E-state index in [1.54, 1.807) is 46.9 Å². The van der Waals surface area contributed by atoms with Crippen molar-refractivity contribution in [2.45, 2.75) is 25.2 Å². The lowest BCUT2D eigenvalue weighted by atomic mass is 10.0. The maximum atomic E-state index is 14.0. The van der Waals surface area contributed by atoms with Crippen molar-refractivity contribution in [2.24, 2.45) is 0 Å². The van der Waals surface area contributed by atoms with E-state index in [1.807, 2.05) is 32.3 Å². The first-order valence-corrected chi connectivity index (χ1v) is 15.9. The van der Waals surface area contributed by atoms with Crippen molar-refractivity contribution in [3.05, 3.63) is 128 Å². The van der Waals surface area contributed by atoms with Crippen molar-refractivity contribution in [3.63, 3.8) is 0 Å². The number of halogens is 2. The van der Waals surface area contributed by atoms with E-state index < -0.39 is 0 Å². The third kappa shape index (κ3) is 6.06. The summed E-state index contributed by atoms with van der Waals surface area (Å²) in [5.41, 5.74) is 1.83. The highest BCUT2D eigenvalue weighted by Gasteiger charge is 2.35. The monoisotopic (exact) mass is 630 g/mol. The predicted molar refractivity (Wildman–Crippen MR) is 162 cm³/mol. The molecule has 0 amide bonds. The summed E-state index contributed by atoms with van der Waals surface area (Å²) in [6, 6.07) is 20.7. The molecule has 10 nitrogen and oxygen atoms in total. The third-order valence-electron chi connectivity index (χ3n) is 7.83. The summed E-state index contributed by atoms with van der Waals surface area (Å²) < 4.78 is 31.6. The first kappa shape index (κ1) is 28.5. The second-order valence-corrected chi connectivity index (χ2v) is 12.6. The van der Waals surface area contributed by atoms with Crippen molar-refractivity contribution >= 4 is 22.7 Å². The molecule has 0 N–H and O–H groups in total. The number of piperazine rings is 1. The Morgan fingerprint density at radius 2 is 1.00 bits per heavy atom. The second kappa shape index (κ2) is 12.8. The summed E-state index contributed by atoms with van der Waals surface area (Å²) in [5.74, 6) is 0.817. The van der Waals surface area contributed by atoms with Crippen molar-refractivity contribution in [2.75, 3.05) is 26.2 Å². The van der Waals surface area contributed by atoms with Gasteiger partial charge in [0.15, 0.2) is 11.6 Å². The fourth-order valence-corrected chi connectivity index (χ4v) is 7.10. The number of nitrogens with zero attached hydrogens (tertiary/aromatic N) is 10. The third-order valence-corrected chi connectivity index (χ3v) is 9.55. The Kier molecular flexibility index (Phi) is 8.29. The number of rotatable bonds is 10. The van der Waals surface area contributed by atoms with Gasteiger partial charge in [0, 0.05) is 35.9 Å². The SMILES string of the molecule is Fc1ccc(C(c2nnnn2Cc2cccs2)N2CCN(C(c3ccc(F)cc3)c3nnnn3Cc3cccs3)CC2)cc1. The van der Waals surface area contributed by atoms with Crippen LogP contribution < -0.4 is 0 Å². The van der Waals surface area contributed by atoms with E-state index in [4.69, 9.17) is 0 Å². The van der Waals surface area contributed by atoms with E-state index >= 15 is 0 Å². The van der Waals surface area contributed by atoms with E-state index in [2.05, 4.69) is 53.0 Å². The molecule has 44 heavy (non-hydrogen) atoms. The van der Waals surface area contributed by atoms with Gasteiger partial charge in [0.2, 0.25) is 0 Å². The Morgan fingerprint density at radius 3 is 1.36 bits per heavy atom. The lowest BCUT2D eigenvalue weighted by Gasteiger charge is -2.41. The summed E-state index contributed by atoms with van der Waals surface area (Å²) in [6.45, 7) is 3.82. The largest absolute Gasteiger partial charge is 0.287 e. The number of benzene rings is 2. The van der Waals surface area contributed by atoms with E-state index in [9.17, 15) is 8.78 Å². The zero-order valence-electron chi connectivity index (χ0n) is 23.5. The van der Waals surface area contributed by atoms with Crippen LogP contribution in [0.25, 0.3) is 0 Å². The van der Waals surface area contributed by atoms with Crippen molar-refractivity contribution in [3.8, 4) is 0 Å². The van der Waals surface area contributed by atoms with Gasteiger partial charge in [-0.25, -0.2) is 18.1 Å². The molecule has 6 aromatic rings. The smallest absolute Gasteiger partial charge is 0.173 e. The molecule has 1 aliphatic heterocycles. The van der Waals surface area contributed by atoms with Crippen LogP contribution >= 0.6 is 22.7 Å². The molecule has 7 rings (SSSR count).